The Morgan fingerprint density at radius 1 is 1.29 bits per heavy atom. The van der Waals surface area contributed by atoms with Gasteiger partial charge in [-0.25, -0.2) is 4.79 Å². The van der Waals surface area contributed by atoms with Crippen LogP contribution in [-0.2, 0) is 4.74 Å². The van der Waals surface area contributed by atoms with Crippen LogP contribution in [0.5, 0.6) is 17.2 Å². The summed E-state index contributed by atoms with van der Waals surface area (Å²) in [4.78, 5) is 10.7. The molecule has 1 aromatic rings. The maximum Gasteiger partial charge on any atom is 0.513 e. The van der Waals surface area contributed by atoms with Crippen LogP contribution in [0.2, 0.25) is 0 Å². The number of carbonyl (C=O) groups is 1. The van der Waals surface area contributed by atoms with E-state index in [0.717, 1.165) is 7.11 Å². The van der Waals surface area contributed by atoms with Gasteiger partial charge in [0.1, 0.15) is 0 Å². The van der Waals surface area contributed by atoms with Crippen molar-refractivity contribution in [3.05, 3.63) is 17.7 Å². The first kappa shape index (κ1) is 10.2. The van der Waals surface area contributed by atoms with Crippen LogP contribution in [-0.4, -0.2) is 23.5 Å². The summed E-state index contributed by atoms with van der Waals surface area (Å²) in [5.41, 5.74) is 0.650. The Morgan fingerprint density at radius 2 is 1.79 bits per heavy atom. The molecule has 1 rings (SSSR count). The fourth-order valence-electron chi connectivity index (χ4n) is 0.965. The largest absolute Gasteiger partial charge is 0.513 e. The number of ether oxygens (including phenoxy) is 2. The van der Waals surface area contributed by atoms with E-state index in [-0.39, 0.29) is 17.2 Å². The lowest BCUT2D eigenvalue weighted by atomic mass is 10.2. The number of phenols is 2. The van der Waals surface area contributed by atoms with Crippen molar-refractivity contribution in [1.29, 1.82) is 0 Å². The summed E-state index contributed by atoms with van der Waals surface area (Å²) in [7, 11) is 1.13. The fraction of sp³-hybridized carbons (Fsp3) is 0.222. The van der Waals surface area contributed by atoms with Crippen LogP contribution in [0, 0.1) is 6.92 Å². The highest BCUT2D eigenvalue weighted by Gasteiger charge is 2.14. The van der Waals surface area contributed by atoms with Crippen LogP contribution in [0.1, 0.15) is 5.56 Å². The van der Waals surface area contributed by atoms with E-state index in [1.54, 1.807) is 6.92 Å². The molecule has 1 aromatic carbocycles. The quantitative estimate of drug-likeness (QED) is 0.529. The molecular formula is C9H10O5. The predicted octanol–water partition coefficient (Wildman–Crippen LogP) is 1.55. The van der Waals surface area contributed by atoms with Gasteiger partial charge in [-0.3, -0.25) is 0 Å². The zero-order chi connectivity index (χ0) is 10.7. The van der Waals surface area contributed by atoms with Crippen LogP contribution < -0.4 is 4.74 Å². The van der Waals surface area contributed by atoms with Gasteiger partial charge in [0.25, 0.3) is 0 Å². The van der Waals surface area contributed by atoms with Crippen LogP contribution in [0.25, 0.3) is 0 Å². The molecule has 0 fully saturated rings. The number of benzene rings is 1. The molecule has 0 unspecified atom stereocenters. The highest BCUT2D eigenvalue weighted by atomic mass is 16.7. The number of hydrogen-bond donors (Lipinski definition) is 2. The lowest BCUT2D eigenvalue weighted by Crippen LogP contribution is -2.07. The standard InChI is InChI=1S/C9H10O5/c1-5-3-6(10)8(7(11)4-5)14-9(12)13-2/h3-4,10-11H,1-2H3. The minimum absolute atomic E-state index is 0.303. The molecule has 0 radical (unpaired) electrons. The molecule has 0 heterocycles. The SMILES string of the molecule is COC(=O)Oc1c(O)cc(C)cc1O. The Hall–Kier alpha value is -1.91. The topological polar surface area (TPSA) is 76.0 Å². The van der Waals surface area contributed by atoms with Crippen molar-refractivity contribution in [1.82, 2.24) is 0 Å². The number of methoxy groups -OCH3 is 1. The molecule has 0 spiro atoms. The van der Waals surface area contributed by atoms with E-state index in [0.29, 0.717) is 5.56 Å². The summed E-state index contributed by atoms with van der Waals surface area (Å²) in [6.07, 6.45) is -1.00. The Bertz CT molecular complexity index is 335. The van der Waals surface area contributed by atoms with Crippen molar-refractivity contribution in [2.75, 3.05) is 7.11 Å². The van der Waals surface area contributed by atoms with E-state index in [1.807, 2.05) is 0 Å². The molecule has 0 amide bonds. The van der Waals surface area contributed by atoms with Crippen LogP contribution in [0.15, 0.2) is 12.1 Å². The Kier molecular flexibility index (Phi) is 2.81. The average Bonchev–Trinajstić information content (AvgIpc) is 2.10. The second kappa shape index (κ2) is 3.87. The molecule has 76 valence electrons. The van der Waals surface area contributed by atoms with E-state index < -0.39 is 6.16 Å². The second-order valence-electron chi connectivity index (χ2n) is 2.69. The van der Waals surface area contributed by atoms with Crippen LogP contribution in [0.3, 0.4) is 0 Å². The molecular weight excluding hydrogens is 188 g/mol. The smallest absolute Gasteiger partial charge is 0.504 e. The van der Waals surface area contributed by atoms with E-state index in [1.165, 1.54) is 12.1 Å². The number of aryl methyl sites for hydroxylation is 1. The molecule has 0 aromatic heterocycles. The maximum atomic E-state index is 10.7. The average molecular weight is 198 g/mol. The summed E-state index contributed by atoms with van der Waals surface area (Å²) < 4.78 is 8.73. The van der Waals surface area contributed by atoms with E-state index in [2.05, 4.69) is 9.47 Å². The number of phenolic OH excluding ortho intramolecular Hbond substituents is 2. The lowest BCUT2D eigenvalue weighted by Gasteiger charge is -2.07. The normalized spacial score (nSPS) is 9.57. The van der Waals surface area contributed by atoms with Crippen molar-refractivity contribution in [3.63, 3.8) is 0 Å². The van der Waals surface area contributed by atoms with Gasteiger partial charge in [-0.2, -0.15) is 0 Å². The molecule has 2 N–H and O–H groups in total. The molecule has 5 nitrogen and oxygen atoms in total. The summed E-state index contributed by atoms with van der Waals surface area (Å²) in [5, 5.41) is 18.6. The molecule has 0 saturated heterocycles. The van der Waals surface area contributed by atoms with E-state index in [4.69, 9.17) is 0 Å². The van der Waals surface area contributed by atoms with Gasteiger partial charge in [0.15, 0.2) is 11.5 Å². The first-order chi connectivity index (χ1) is 6.54. The van der Waals surface area contributed by atoms with E-state index in [9.17, 15) is 15.0 Å². The third-order valence-electron chi connectivity index (χ3n) is 1.55. The van der Waals surface area contributed by atoms with Gasteiger partial charge < -0.3 is 19.7 Å². The number of carbonyl (C=O) groups excluding carboxylic acids is 1. The number of hydrogen-bond acceptors (Lipinski definition) is 5. The van der Waals surface area contributed by atoms with Gasteiger partial charge in [-0.05, 0) is 24.6 Å². The van der Waals surface area contributed by atoms with Crippen molar-refractivity contribution in [2.24, 2.45) is 0 Å². The minimum atomic E-state index is -1.00. The second-order valence-corrected chi connectivity index (χ2v) is 2.69. The highest BCUT2D eigenvalue weighted by molar-refractivity contribution is 5.67. The number of rotatable bonds is 1. The molecule has 14 heavy (non-hydrogen) atoms. The Labute approximate surface area is 80.5 Å². The fourth-order valence-corrected chi connectivity index (χ4v) is 0.965. The molecule has 0 atom stereocenters. The van der Waals surface area contributed by atoms with Crippen molar-refractivity contribution in [3.8, 4) is 17.2 Å². The number of aromatic hydroxyl groups is 2. The zero-order valence-corrected chi connectivity index (χ0v) is 7.77. The van der Waals surface area contributed by atoms with Crippen LogP contribution >= 0.6 is 0 Å². The third kappa shape index (κ3) is 2.07. The minimum Gasteiger partial charge on any atom is -0.504 e. The van der Waals surface area contributed by atoms with Gasteiger partial charge in [-0.1, -0.05) is 0 Å². The Morgan fingerprint density at radius 3 is 2.21 bits per heavy atom. The predicted molar refractivity (Wildman–Crippen MR) is 47.5 cm³/mol. The first-order valence-electron chi connectivity index (χ1n) is 3.83. The molecule has 0 aliphatic carbocycles. The highest BCUT2D eigenvalue weighted by Crippen LogP contribution is 2.36. The molecule has 0 aliphatic rings. The molecule has 0 bridgehead atoms. The molecule has 0 aliphatic heterocycles. The summed E-state index contributed by atoms with van der Waals surface area (Å²) >= 11 is 0. The Balaban J connectivity index is 3.02. The monoisotopic (exact) mass is 198 g/mol. The van der Waals surface area contributed by atoms with Crippen molar-refractivity contribution in [2.45, 2.75) is 6.92 Å². The summed E-state index contributed by atoms with van der Waals surface area (Å²) in [5.74, 6) is -0.928. The zero-order valence-electron chi connectivity index (χ0n) is 7.77. The van der Waals surface area contributed by atoms with Crippen LogP contribution in [0.4, 0.5) is 4.79 Å². The molecule has 5 heteroatoms. The van der Waals surface area contributed by atoms with Gasteiger partial charge in [-0.15, -0.1) is 0 Å². The van der Waals surface area contributed by atoms with Crippen molar-refractivity contribution < 1.29 is 24.5 Å². The first-order valence-corrected chi connectivity index (χ1v) is 3.83. The van der Waals surface area contributed by atoms with Crippen molar-refractivity contribution >= 4 is 6.16 Å². The van der Waals surface area contributed by atoms with Gasteiger partial charge >= 0.3 is 6.16 Å². The summed E-state index contributed by atoms with van der Waals surface area (Å²) in [6.45, 7) is 1.68. The maximum absolute atomic E-state index is 10.7. The summed E-state index contributed by atoms with van der Waals surface area (Å²) in [6, 6.07) is 2.72. The van der Waals surface area contributed by atoms with Gasteiger partial charge in [0, 0.05) is 0 Å². The van der Waals surface area contributed by atoms with Gasteiger partial charge in [0.05, 0.1) is 7.11 Å². The van der Waals surface area contributed by atoms with Gasteiger partial charge in [0.2, 0.25) is 5.75 Å². The third-order valence-corrected chi connectivity index (χ3v) is 1.55. The molecule has 0 saturated carbocycles. The van der Waals surface area contributed by atoms with E-state index >= 15 is 0 Å². The lowest BCUT2D eigenvalue weighted by molar-refractivity contribution is 0.118.